The van der Waals surface area contributed by atoms with Gasteiger partial charge in [-0.1, -0.05) is 39.0 Å². The third-order valence-electron chi connectivity index (χ3n) is 3.44. The topological polar surface area (TPSA) is 50.4 Å². The summed E-state index contributed by atoms with van der Waals surface area (Å²) < 4.78 is 5.37. The molecule has 2 N–H and O–H groups in total. The molecule has 0 saturated carbocycles. The molecule has 1 aromatic carbocycles. The Morgan fingerprint density at radius 3 is 2.71 bits per heavy atom. The van der Waals surface area contributed by atoms with Crippen LogP contribution in [0.4, 0.5) is 5.69 Å². The Balaban J connectivity index is 0.00000220. The van der Waals surface area contributed by atoms with Crippen LogP contribution in [0.15, 0.2) is 24.3 Å². The van der Waals surface area contributed by atoms with Crippen LogP contribution < -0.4 is 10.6 Å². The average Bonchev–Trinajstić information content (AvgIpc) is 2.39. The van der Waals surface area contributed by atoms with Crippen LogP contribution in [-0.2, 0) is 14.9 Å². The maximum Gasteiger partial charge on any atom is 0.226 e. The first-order valence-corrected chi connectivity index (χ1v) is 7.17. The molecule has 0 spiro atoms. The number of hydrogen-bond acceptors (Lipinski definition) is 3. The van der Waals surface area contributed by atoms with E-state index in [-0.39, 0.29) is 29.8 Å². The smallest absolute Gasteiger partial charge is 0.226 e. The fourth-order valence-corrected chi connectivity index (χ4v) is 2.42. The number of halogens is 1. The first-order valence-electron chi connectivity index (χ1n) is 7.17. The number of amides is 1. The van der Waals surface area contributed by atoms with Crippen molar-refractivity contribution < 1.29 is 9.53 Å². The molecular weight excluding hydrogens is 288 g/mol. The van der Waals surface area contributed by atoms with Gasteiger partial charge in [0.2, 0.25) is 5.91 Å². The maximum atomic E-state index is 12.2. The van der Waals surface area contributed by atoms with Gasteiger partial charge < -0.3 is 15.4 Å². The van der Waals surface area contributed by atoms with Crippen LogP contribution >= 0.6 is 12.4 Å². The van der Waals surface area contributed by atoms with Gasteiger partial charge in [0.15, 0.2) is 0 Å². The van der Waals surface area contributed by atoms with Crippen LogP contribution in [0.2, 0.25) is 0 Å². The lowest BCUT2D eigenvalue weighted by atomic mass is 9.86. The fourth-order valence-electron chi connectivity index (χ4n) is 2.42. The molecule has 5 heteroatoms. The third kappa shape index (κ3) is 5.30. The van der Waals surface area contributed by atoms with Gasteiger partial charge in [-0.3, -0.25) is 4.79 Å². The summed E-state index contributed by atoms with van der Waals surface area (Å²) in [4.78, 5) is 12.2. The van der Waals surface area contributed by atoms with E-state index in [9.17, 15) is 4.79 Å². The molecule has 0 bridgehead atoms. The first kappa shape index (κ1) is 18.0. The number of carbonyl (C=O) groups excluding carboxylic acids is 1. The Morgan fingerprint density at radius 1 is 1.38 bits per heavy atom. The molecule has 0 aromatic heterocycles. The number of hydrogen-bond donors (Lipinski definition) is 2. The van der Waals surface area contributed by atoms with Crippen LogP contribution in [0.3, 0.4) is 0 Å². The molecule has 1 atom stereocenters. The minimum atomic E-state index is 0. The number of carbonyl (C=O) groups is 1. The lowest BCUT2D eigenvalue weighted by Gasteiger charge is -2.25. The number of anilines is 1. The predicted octanol–water partition coefficient (Wildman–Crippen LogP) is 2.72. The molecule has 0 radical (unpaired) electrons. The highest BCUT2D eigenvalue weighted by atomic mass is 35.5. The predicted molar refractivity (Wildman–Crippen MR) is 88.2 cm³/mol. The van der Waals surface area contributed by atoms with Crippen LogP contribution in [-0.4, -0.2) is 31.7 Å². The highest BCUT2D eigenvalue weighted by Gasteiger charge is 2.20. The van der Waals surface area contributed by atoms with Crippen LogP contribution in [0.5, 0.6) is 0 Å². The molecular formula is C16H25ClN2O2. The maximum absolute atomic E-state index is 12.2. The van der Waals surface area contributed by atoms with Crippen molar-refractivity contribution in [2.45, 2.75) is 38.6 Å². The largest absolute Gasteiger partial charge is 0.378 e. The van der Waals surface area contributed by atoms with E-state index in [0.717, 1.165) is 24.4 Å². The van der Waals surface area contributed by atoms with E-state index >= 15 is 0 Å². The van der Waals surface area contributed by atoms with E-state index in [1.807, 2.05) is 18.2 Å². The fraction of sp³-hybridized carbons (Fsp3) is 0.562. The molecule has 1 saturated heterocycles. The zero-order chi connectivity index (χ0) is 14.6. The second kappa shape index (κ2) is 7.78. The summed E-state index contributed by atoms with van der Waals surface area (Å²) in [7, 11) is 0. The van der Waals surface area contributed by atoms with Crippen molar-refractivity contribution in [2.24, 2.45) is 0 Å². The molecule has 0 aliphatic carbocycles. The molecule has 1 amide bonds. The quantitative estimate of drug-likeness (QED) is 0.902. The molecule has 1 aliphatic heterocycles. The molecule has 1 unspecified atom stereocenters. The Hall–Kier alpha value is -1.10. The summed E-state index contributed by atoms with van der Waals surface area (Å²) in [6.45, 7) is 8.59. The third-order valence-corrected chi connectivity index (χ3v) is 3.44. The Kier molecular flexibility index (Phi) is 6.65. The van der Waals surface area contributed by atoms with E-state index in [2.05, 4.69) is 37.5 Å². The summed E-state index contributed by atoms with van der Waals surface area (Å²) >= 11 is 0. The lowest BCUT2D eigenvalue weighted by molar-refractivity contribution is -0.117. The van der Waals surface area contributed by atoms with Crippen molar-refractivity contribution >= 4 is 24.0 Å². The molecule has 118 valence electrons. The molecule has 4 nitrogen and oxygen atoms in total. The summed E-state index contributed by atoms with van der Waals surface area (Å²) in [6.07, 6.45) is 0.443. The number of benzene rings is 1. The standard InChI is InChI=1S/C16H24N2O2.ClH/c1-16(2,3)13-6-4-5-7-14(13)18-15(19)10-12-11-20-9-8-17-12;/h4-7,12,17H,8-11H2,1-3H3,(H,18,19);1H. The zero-order valence-corrected chi connectivity index (χ0v) is 13.8. The van der Waals surface area contributed by atoms with Crippen LogP contribution in [0.1, 0.15) is 32.8 Å². The molecule has 1 fully saturated rings. The van der Waals surface area contributed by atoms with Crippen LogP contribution in [0.25, 0.3) is 0 Å². The number of morpholine rings is 1. The van der Waals surface area contributed by atoms with E-state index in [0.29, 0.717) is 13.0 Å². The van der Waals surface area contributed by atoms with Crippen molar-refractivity contribution in [1.82, 2.24) is 5.32 Å². The van der Waals surface area contributed by atoms with Gasteiger partial charge in [-0.15, -0.1) is 12.4 Å². The van der Waals surface area contributed by atoms with Crippen molar-refractivity contribution in [3.8, 4) is 0 Å². The second-order valence-corrected chi connectivity index (χ2v) is 6.27. The van der Waals surface area contributed by atoms with Gasteiger partial charge in [-0.05, 0) is 17.0 Å². The Labute approximate surface area is 133 Å². The first-order chi connectivity index (χ1) is 9.47. The molecule has 1 heterocycles. The molecule has 2 rings (SSSR count). The van der Waals surface area contributed by atoms with E-state index in [1.54, 1.807) is 0 Å². The highest BCUT2D eigenvalue weighted by molar-refractivity contribution is 5.92. The molecule has 1 aromatic rings. The minimum Gasteiger partial charge on any atom is -0.378 e. The van der Waals surface area contributed by atoms with Gasteiger partial charge in [0.1, 0.15) is 0 Å². The number of rotatable bonds is 3. The molecule has 1 aliphatic rings. The number of para-hydroxylation sites is 1. The van der Waals surface area contributed by atoms with Crippen molar-refractivity contribution in [3.05, 3.63) is 29.8 Å². The van der Waals surface area contributed by atoms with Crippen molar-refractivity contribution in [3.63, 3.8) is 0 Å². The van der Waals surface area contributed by atoms with E-state index < -0.39 is 0 Å². The van der Waals surface area contributed by atoms with Gasteiger partial charge >= 0.3 is 0 Å². The lowest BCUT2D eigenvalue weighted by Crippen LogP contribution is -2.43. The SMILES string of the molecule is CC(C)(C)c1ccccc1NC(=O)CC1COCCN1.Cl. The van der Waals surface area contributed by atoms with Gasteiger partial charge in [0.05, 0.1) is 13.2 Å². The zero-order valence-electron chi connectivity index (χ0n) is 12.9. The summed E-state index contributed by atoms with van der Waals surface area (Å²) in [5.41, 5.74) is 2.07. The van der Waals surface area contributed by atoms with Gasteiger partial charge in [-0.25, -0.2) is 0 Å². The number of nitrogens with one attached hydrogen (secondary N) is 2. The highest BCUT2D eigenvalue weighted by Crippen LogP contribution is 2.29. The average molecular weight is 313 g/mol. The minimum absolute atomic E-state index is 0. The van der Waals surface area contributed by atoms with Gasteiger partial charge in [-0.2, -0.15) is 0 Å². The van der Waals surface area contributed by atoms with E-state index in [1.165, 1.54) is 0 Å². The monoisotopic (exact) mass is 312 g/mol. The summed E-state index contributed by atoms with van der Waals surface area (Å²) in [5.74, 6) is 0.0321. The Bertz CT molecular complexity index is 466. The number of ether oxygens (including phenoxy) is 1. The summed E-state index contributed by atoms with van der Waals surface area (Å²) in [5, 5.41) is 6.32. The van der Waals surface area contributed by atoms with E-state index in [4.69, 9.17) is 4.74 Å². The second-order valence-electron chi connectivity index (χ2n) is 6.27. The van der Waals surface area contributed by atoms with Crippen LogP contribution in [0, 0.1) is 0 Å². The van der Waals surface area contributed by atoms with Crippen molar-refractivity contribution in [1.29, 1.82) is 0 Å². The normalized spacial score (nSPS) is 18.7. The summed E-state index contributed by atoms with van der Waals surface area (Å²) in [6, 6.07) is 8.10. The Morgan fingerprint density at radius 2 is 2.10 bits per heavy atom. The van der Waals surface area contributed by atoms with Crippen molar-refractivity contribution in [2.75, 3.05) is 25.1 Å². The van der Waals surface area contributed by atoms with Gasteiger partial charge in [0.25, 0.3) is 0 Å². The van der Waals surface area contributed by atoms with Gasteiger partial charge in [0, 0.05) is 24.7 Å². The molecule has 21 heavy (non-hydrogen) atoms.